The molecule has 7 heteroatoms. The van der Waals surface area contributed by atoms with Crippen molar-refractivity contribution in [1.29, 1.82) is 0 Å². The van der Waals surface area contributed by atoms with E-state index in [1.54, 1.807) is 0 Å². The summed E-state index contributed by atoms with van der Waals surface area (Å²) in [6.07, 6.45) is 0. The molecule has 0 aliphatic carbocycles. The van der Waals surface area contributed by atoms with Crippen LogP contribution in [0.2, 0.25) is 0 Å². The van der Waals surface area contributed by atoms with Crippen LogP contribution in [0.1, 0.15) is 6.92 Å². The maximum absolute atomic E-state index is 8.89. The average Bonchev–Trinajstić information content (AvgIpc) is 1.25. The summed E-state index contributed by atoms with van der Waals surface area (Å²) in [5, 5.41) is 8.89. The van der Waals surface area contributed by atoms with Gasteiger partial charge in [-0.3, -0.25) is 0 Å². The number of carbonyl (C=O) groups is 1. The summed E-state index contributed by atoms with van der Waals surface area (Å²) in [4.78, 5) is 8.89. The molecule has 0 heterocycles. The van der Waals surface area contributed by atoms with Crippen molar-refractivity contribution < 1.29 is 64.8 Å². The van der Waals surface area contributed by atoms with Gasteiger partial charge in [0.05, 0.1) is 0 Å². The summed E-state index contributed by atoms with van der Waals surface area (Å²) >= 11 is -3.79. The number of carboxylic acids is 1. The fraction of sp³-hybridized carbons (Fsp3) is 0.500. The van der Waals surface area contributed by atoms with Gasteiger partial charge in [0, 0.05) is 5.97 Å². The van der Waals surface area contributed by atoms with Crippen molar-refractivity contribution in [1.82, 2.24) is 0 Å². The van der Waals surface area contributed by atoms with Gasteiger partial charge < -0.3 is 9.90 Å². The molecule has 0 aromatic carbocycles. The van der Waals surface area contributed by atoms with Crippen LogP contribution in [-0.2, 0) is 30.2 Å². The molecule has 48 valence electrons. The molecule has 0 N–H and O–H groups in total. The van der Waals surface area contributed by atoms with Gasteiger partial charge in [0.1, 0.15) is 0 Å². The first-order chi connectivity index (χ1) is 3.46. The summed E-state index contributed by atoms with van der Waals surface area (Å²) in [6.45, 7) is 0.972. The fourth-order valence-corrected chi connectivity index (χ4v) is 0. The second kappa shape index (κ2) is 11.2. The number of carbonyl (C=O) groups excluding carboxylic acids is 1. The molecule has 0 atom stereocenters. The van der Waals surface area contributed by atoms with Crippen LogP contribution in [0.25, 0.3) is 0 Å². The fourth-order valence-electron chi connectivity index (χ4n) is 0. The van der Waals surface area contributed by atoms with Gasteiger partial charge >= 0.3 is 54.9 Å². The van der Waals surface area contributed by atoms with Crippen LogP contribution >= 0.6 is 0 Å². The Balaban J connectivity index is -0.0000000720. The van der Waals surface area contributed by atoms with E-state index in [1.807, 2.05) is 0 Å². The minimum absolute atomic E-state index is 0. The van der Waals surface area contributed by atoms with Crippen LogP contribution in [0.15, 0.2) is 0 Å². The van der Waals surface area contributed by atoms with E-state index >= 15 is 0 Å². The van der Waals surface area contributed by atoms with Crippen LogP contribution in [-0.4, -0.2) is 5.97 Å². The van der Waals surface area contributed by atoms with Gasteiger partial charge in [0.15, 0.2) is 0 Å². The Kier molecular flexibility index (Phi) is 20.2. The molecular weight excluding hydrogens is 179 g/mol. The van der Waals surface area contributed by atoms with Crippen LogP contribution in [0.5, 0.6) is 0 Å². The third kappa shape index (κ3) is 2130. The zero-order valence-electron chi connectivity index (χ0n) is 4.95. The van der Waals surface area contributed by atoms with E-state index in [2.05, 4.69) is 0 Å². The molecule has 0 bridgehead atoms. The second-order valence-electron chi connectivity index (χ2n) is 0.696. The standard InChI is InChI=1S/C2H4O2.Cr.Na.3O/c1-2(3)4;;;;;/h1H3,(H,3,4);;;;;/q;;+1;;;/p-1. The van der Waals surface area contributed by atoms with Crippen molar-refractivity contribution in [3.05, 3.63) is 0 Å². The Hall–Kier alpha value is 0.402. The molecule has 5 nitrogen and oxygen atoms in total. The first kappa shape index (κ1) is 16.2. The van der Waals surface area contributed by atoms with E-state index in [4.69, 9.17) is 21.3 Å². The Bertz CT molecular complexity index is 144. The van der Waals surface area contributed by atoms with Crippen molar-refractivity contribution in [3.63, 3.8) is 0 Å². The van der Waals surface area contributed by atoms with Crippen molar-refractivity contribution in [2.45, 2.75) is 6.92 Å². The summed E-state index contributed by atoms with van der Waals surface area (Å²) in [7, 11) is 0. The van der Waals surface area contributed by atoms with Crippen LogP contribution in [0.4, 0.5) is 0 Å². The summed E-state index contributed by atoms with van der Waals surface area (Å²) < 4.78 is 25.6. The van der Waals surface area contributed by atoms with Gasteiger partial charge in [-0.2, -0.15) is 0 Å². The monoisotopic (exact) mass is 182 g/mol. The van der Waals surface area contributed by atoms with Crippen molar-refractivity contribution in [2.24, 2.45) is 0 Å². The number of carboxylic acid groups (broad SMARTS) is 1. The van der Waals surface area contributed by atoms with Crippen LogP contribution in [0, 0.1) is 0 Å². The molecule has 0 rings (SSSR count). The third-order valence-electron chi connectivity index (χ3n) is 0. The van der Waals surface area contributed by atoms with E-state index in [1.165, 1.54) is 0 Å². The first-order valence-corrected chi connectivity index (χ1v) is 2.97. The number of aliphatic carboxylic acids is 1. The number of hydrogen-bond acceptors (Lipinski definition) is 5. The SMILES string of the molecule is CC(=O)[O-].[Na+].[O]=[Cr](=[O])=[O]. The van der Waals surface area contributed by atoms with Crippen LogP contribution < -0.4 is 34.7 Å². The molecule has 0 aromatic heterocycles. The minimum atomic E-state index is -3.79. The molecular formula is C2H3CrNaO5. The molecule has 9 heavy (non-hydrogen) atoms. The van der Waals surface area contributed by atoms with Gasteiger partial charge in [-0.15, -0.1) is 0 Å². The van der Waals surface area contributed by atoms with E-state index in [-0.39, 0.29) is 29.6 Å². The molecule has 0 spiro atoms. The van der Waals surface area contributed by atoms with Gasteiger partial charge in [-0.05, 0) is 6.92 Å². The topological polar surface area (TPSA) is 91.3 Å². The van der Waals surface area contributed by atoms with Crippen molar-refractivity contribution in [2.75, 3.05) is 0 Å². The van der Waals surface area contributed by atoms with E-state index in [0.29, 0.717) is 0 Å². The zero-order valence-corrected chi connectivity index (χ0v) is 8.22. The Labute approximate surface area is 77.4 Å². The Morgan fingerprint density at radius 1 is 1.33 bits per heavy atom. The molecule has 0 radical (unpaired) electrons. The van der Waals surface area contributed by atoms with Crippen molar-refractivity contribution in [3.8, 4) is 0 Å². The summed E-state index contributed by atoms with van der Waals surface area (Å²) in [5.74, 6) is -1.08. The van der Waals surface area contributed by atoms with Gasteiger partial charge in [0.25, 0.3) is 0 Å². The predicted octanol–water partition coefficient (Wildman–Crippen LogP) is -4.60. The zero-order chi connectivity index (χ0) is 7.15. The Morgan fingerprint density at radius 3 is 1.33 bits per heavy atom. The van der Waals surface area contributed by atoms with E-state index in [0.717, 1.165) is 6.92 Å². The molecule has 0 aliphatic heterocycles. The van der Waals surface area contributed by atoms with E-state index < -0.39 is 19.9 Å². The molecule has 0 saturated carbocycles. The van der Waals surface area contributed by atoms with Gasteiger partial charge in [0.2, 0.25) is 0 Å². The van der Waals surface area contributed by atoms with Gasteiger partial charge in [-0.1, -0.05) is 0 Å². The first-order valence-electron chi connectivity index (χ1n) is 1.41. The average molecular weight is 182 g/mol. The third-order valence-corrected chi connectivity index (χ3v) is 0. The van der Waals surface area contributed by atoms with E-state index in [9.17, 15) is 0 Å². The van der Waals surface area contributed by atoms with Gasteiger partial charge in [-0.25, -0.2) is 0 Å². The second-order valence-corrected chi connectivity index (χ2v) is 1.33. The molecule has 0 unspecified atom stereocenters. The summed E-state index contributed by atoms with van der Waals surface area (Å²) in [5.41, 5.74) is 0. The molecule has 0 aromatic rings. The summed E-state index contributed by atoms with van der Waals surface area (Å²) in [6, 6.07) is 0. The predicted molar refractivity (Wildman–Crippen MR) is 12.7 cm³/mol. The normalized spacial score (nSPS) is 5.44. The van der Waals surface area contributed by atoms with Crippen LogP contribution in [0.3, 0.4) is 0 Å². The molecule has 0 amide bonds. The molecule has 0 saturated heterocycles. The molecule has 0 aliphatic rings. The Morgan fingerprint density at radius 2 is 1.33 bits per heavy atom. The quantitative estimate of drug-likeness (QED) is 0.351. The number of rotatable bonds is 0. The maximum atomic E-state index is 8.89. The number of hydrogen-bond donors (Lipinski definition) is 0. The van der Waals surface area contributed by atoms with Crippen molar-refractivity contribution >= 4 is 5.97 Å². The molecule has 0 fully saturated rings.